The number of carbonyl (C=O) groups is 1. The van der Waals surface area contributed by atoms with Crippen LogP contribution in [-0.2, 0) is 4.79 Å². The van der Waals surface area contributed by atoms with Crippen molar-refractivity contribution in [2.75, 3.05) is 0 Å². The summed E-state index contributed by atoms with van der Waals surface area (Å²) in [5, 5.41) is 9.75. The van der Waals surface area contributed by atoms with E-state index < -0.39 is 11.4 Å². The average molecular weight is 365 g/mol. The summed E-state index contributed by atoms with van der Waals surface area (Å²) in [6.45, 7) is 10.5. The van der Waals surface area contributed by atoms with Crippen molar-refractivity contribution in [3.8, 4) is 0 Å². The second kappa shape index (κ2) is 15.1. The minimum Gasteiger partial charge on any atom is -0.481 e. The van der Waals surface area contributed by atoms with Gasteiger partial charge in [-0.05, 0) is 50.4 Å². The Labute approximate surface area is 163 Å². The van der Waals surface area contributed by atoms with Crippen LogP contribution in [0.5, 0.6) is 0 Å². The van der Waals surface area contributed by atoms with Gasteiger partial charge in [0.25, 0.3) is 0 Å². The van der Waals surface area contributed by atoms with Gasteiger partial charge >= 0.3 is 5.97 Å². The van der Waals surface area contributed by atoms with Gasteiger partial charge in [0, 0.05) is 0 Å². The van der Waals surface area contributed by atoms with Crippen molar-refractivity contribution >= 4 is 5.97 Å². The zero-order valence-corrected chi connectivity index (χ0v) is 18.1. The Hall–Kier alpha value is -1.05. The van der Waals surface area contributed by atoms with Gasteiger partial charge < -0.3 is 5.11 Å². The van der Waals surface area contributed by atoms with Crippen molar-refractivity contribution in [3.63, 3.8) is 0 Å². The molecule has 2 nitrogen and oxygen atoms in total. The highest BCUT2D eigenvalue weighted by atomic mass is 16.4. The number of hydrogen-bond donors (Lipinski definition) is 1. The minimum atomic E-state index is -0.617. The number of aliphatic carboxylic acids is 1. The summed E-state index contributed by atoms with van der Waals surface area (Å²) in [6, 6.07) is 0. The zero-order chi connectivity index (χ0) is 19.8. The molecule has 0 spiro atoms. The van der Waals surface area contributed by atoms with Gasteiger partial charge in [-0.2, -0.15) is 0 Å². The summed E-state index contributed by atoms with van der Waals surface area (Å²) in [5.74, 6) is -0.260. The number of carboxylic acids is 1. The molecule has 0 aromatic rings. The Morgan fingerprint density at radius 2 is 1.31 bits per heavy atom. The van der Waals surface area contributed by atoms with Crippen LogP contribution < -0.4 is 0 Å². The lowest BCUT2D eigenvalue weighted by Gasteiger charge is -2.37. The number of hydrogen-bond acceptors (Lipinski definition) is 1. The first-order valence-electron chi connectivity index (χ1n) is 10.9. The molecule has 0 bridgehead atoms. The van der Waals surface area contributed by atoms with E-state index in [2.05, 4.69) is 58.9 Å². The van der Waals surface area contributed by atoms with Gasteiger partial charge in [-0.15, -0.1) is 0 Å². The number of rotatable bonds is 16. The summed E-state index contributed by atoms with van der Waals surface area (Å²) in [6.07, 6.45) is 21.9. The monoisotopic (exact) mass is 364 g/mol. The fourth-order valence-corrected chi connectivity index (χ4v) is 3.90. The fraction of sp³-hybridized carbons (Fsp3) is 0.792. The summed E-state index contributed by atoms with van der Waals surface area (Å²) in [4.78, 5) is 11.9. The SMILES string of the molecule is CCCCCC=CCC=CCCCCCCC(C(=O)O)(C(C)C)C(C)C. The molecule has 2 heteroatoms. The lowest BCUT2D eigenvalue weighted by molar-refractivity contribution is -0.156. The van der Waals surface area contributed by atoms with Crippen LogP contribution in [0.3, 0.4) is 0 Å². The Kier molecular flexibility index (Phi) is 14.4. The molecule has 0 aromatic carbocycles. The van der Waals surface area contributed by atoms with Crippen LogP contribution in [0.1, 0.15) is 105 Å². The van der Waals surface area contributed by atoms with E-state index >= 15 is 0 Å². The molecule has 0 saturated heterocycles. The van der Waals surface area contributed by atoms with E-state index in [1.54, 1.807) is 0 Å². The number of unbranched alkanes of at least 4 members (excludes halogenated alkanes) is 7. The molecule has 0 fully saturated rings. The van der Waals surface area contributed by atoms with Gasteiger partial charge in [-0.3, -0.25) is 4.79 Å². The first-order valence-corrected chi connectivity index (χ1v) is 10.9. The molecule has 152 valence electrons. The van der Waals surface area contributed by atoms with Crippen LogP contribution in [0, 0.1) is 17.3 Å². The summed E-state index contributed by atoms with van der Waals surface area (Å²) in [7, 11) is 0. The van der Waals surface area contributed by atoms with E-state index in [0.29, 0.717) is 0 Å². The van der Waals surface area contributed by atoms with Crippen LogP contribution in [0.15, 0.2) is 24.3 Å². The van der Waals surface area contributed by atoms with Gasteiger partial charge in [-0.1, -0.05) is 91.0 Å². The van der Waals surface area contributed by atoms with Crippen LogP contribution in [0.2, 0.25) is 0 Å². The molecule has 1 N–H and O–H groups in total. The maximum Gasteiger partial charge on any atom is 0.310 e. The van der Waals surface area contributed by atoms with E-state index in [-0.39, 0.29) is 11.8 Å². The Morgan fingerprint density at radius 3 is 1.77 bits per heavy atom. The third kappa shape index (κ3) is 9.59. The average Bonchev–Trinajstić information content (AvgIpc) is 2.57. The molecule has 0 aromatic heterocycles. The van der Waals surface area contributed by atoms with Crippen LogP contribution >= 0.6 is 0 Å². The molecule has 26 heavy (non-hydrogen) atoms. The molecular weight excluding hydrogens is 320 g/mol. The van der Waals surface area contributed by atoms with Crippen molar-refractivity contribution < 1.29 is 9.90 Å². The van der Waals surface area contributed by atoms with Crippen molar-refractivity contribution in [3.05, 3.63) is 24.3 Å². The lowest BCUT2D eigenvalue weighted by Crippen LogP contribution is -2.41. The Morgan fingerprint density at radius 1 is 0.808 bits per heavy atom. The quantitative estimate of drug-likeness (QED) is 0.224. The third-order valence-corrected chi connectivity index (χ3v) is 5.75. The summed E-state index contributed by atoms with van der Waals surface area (Å²) < 4.78 is 0. The molecule has 0 saturated carbocycles. The van der Waals surface area contributed by atoms with Crippen molar-refractivity contribution in [1.82, 2.24) is 0 Å². The topological polar surface area (TPSA) is 37.3 Å². The van der Waals surface area contributed by atoms with Crippen molar-refractivity contribution in [1.29, 1.82) is 0 Å². The van der Waals surface area contributed by atoms with E-state index in [1.165, 1.54) is 38.5 Å². The smallest absolute Gasteiger partial charge is 0.310 e. The van der Waals surface area contributed by atoms with Crippen molar-refractivity contribution in [2.24, 2.45) is 17.3 Å². The molecular formula is C24H44O2. The van der Waals surface area contributed by atoms with Gasteiger partial charge in [0.1, 0.15) is 0 Å². The molecule has 0 rings (SSSR count). The molecule has 0 aliphatic carbocycles. The predicted octanol–water partition coefficient (Wildman–Crippen LogP) is 7.79. The van der Waals surface area contributed by atoms with E-state index in [0.717, 1.165) is 32.1 Å². The first-order chi connectivity index (χ1) is 12.4. The molecule has 0 aliphatic rings. The highest BCUT2D eigenvalue weighted by Gasteiger charge is 2.43. The van der Waals surface area contributed by atoms with Crippen LogP contribution in [0.25, 0.3) is 0 Å². The zero-order valence-electron chi connectivity index (χ0n) is 18.1. The van der Waals surface area contributed by atoms with Crippen molar-refractivity contribution in [2.45, 2.75) is 105 Å². The standard InChI is InChI=1S/C24H44O2/c1-6-7-8-9-10-11-12-13-14-15-16-17-18-19-20-24(21(2)3,22(4)5)23(25)26/h10-11,13-14,21-22H,6-9,12,15-20H2,1-5H3,(H,25,26). The van der Waals surface area contributed by atoms with Crippen LogP contribution in [-0.4, -0.2) is 11.1 Å². The lowest BCUT2D eigenvalue weighted by atomic mass is 9.66. The maximum absolute atomic E-state index is 11.9. The molecule has 0 unspecified atom stereocenters. The van der Waals surface area contributed by atoms with Gasteiger partial charge in [0.05, 0.1) is 5.41 Å². The summed E-state index contributed by atoms with van der Waals surface area (Å²) >= 11 is 0. The number of carboxylic acid groups (broad SMARTS) is 1. The first kappa shape index (κ1) is 24.9. The predicted molar refractivity (Wildman–Crippen MR) is 114 cm³/mol. The maximum atomic E-state index is 11.9. The van der Waals surface area contributed by atoms with Gasteiger partial charge in [0.2, 0.25) is 0 Å². The highest BCUT2D eigenvalue weighted by molar-refractivity contribution is 5.75. The molecule has 0 heterocycles. The minimum absolute atomic E-state index is 0.179. The second-order valence-corrected chi connectivity index (χ2v) is 8.28. The van der Waals surface area contributed by atoms with Gasteiger partial charge in [0.15, 0.2) is 0 Å². The molecule has 0 aliphatic heterocycles. The third-order valence-electron chi connectivity index (χ3n) is 5.75. The molecule has 0 radical (unpaired) electrons. The molecule has 0 atom stereocenters. The van der Waals surface area contributed by atoms with Crippen LogP contribution in [0.4, 0.5) is 0 Å². The van der Waals surface area contributed by atoms with E-state index in [9.17, 15) is 9.90 Å². The molecule has 0 amide bonds. The van der Waals surface area contributed by atoms with E-state index in [1.807, 2.05) is 0 Å². The second-order valence-electron chi connectivity index (χ2n) is 8.28. The summed E-state index contributed by atoms with van der Waals surface area (Å²) in [5.41, 5.74) is -0.566. The highest BCUT2D eigenvalue weighted by Crippen LogP contribution is 2.41. The number of allylic oxidation sites excluding steroid dienone is 4. The Bertz CT molecular complexity index is 396. The normalized spacial score (nSPS) is 12.9. The fourth-order valence-electron chi connectivity index (χ4n) is 3.90. The van der Waals surface area contributed by atoms with Gasteiger partial charge in [-0.25, -0.2) is 0 Å². The van der Waals surface area contributed by atoms with E-state index in [4.69, 9.17) is 0 Å². The Balaban J connectivity index is 3.86. The largest absolute Gasteiger partial charge is 0.481 e.